The molecule has 4 aromatic rings. The Bertz CT molecular complexity index is 1330. The molecule has 3 aromatic carbocycles. The highest BCUT2D eigenvalue weighted by molar-refractivity contribution is 7.25. The number of fused-ring (bicyclic) bond motifs is 3. The number of ether oxygens (including phenoxy) is 2. The van der Waals surface area contributed by atoms with Gasteiger partial charge in [0, 0.05) is 22.9 Å². The van der Waals surface area contributed by atoms with Crippen LogP contribution in [0.5, 0.6) is 11.5 Å². The highest BCUT2D eigenvalue weighted by Crippen LogP contribution is 2.43. The van der Waals surface area contributed by atoms with Gasteiger partial charge in [-0.25, -0.2) is 22.0 Å². The van der Waals surface area contributed by atoms with Crippen molar-refractivity contribution < 1.29 is 40.2 Å². The first-order valence-corrected chi connectivity index (χ1v) is 10.6. The summed E-state index contributed by atoms with van der Waals surface area (Å²) in [7, 11) is 0. The maximum absolute atomic E-state index is 15.1. The zero-order valence-electron chi connectivity index (χ0n) is 17.0. The van der Waals surface area contributed by atoms with E-state index in [4.69, 9.17) is 4.74 Å². The predicted molar refractivity (Wildman–Crippen MR) is 110 cm³/mol. The van der Waals surface area contributed by atoms with Crippen LogP contribution < -0.4 is 9.47 Å². The normalized spacial score (nSPS) is 12.0. The van der Waals surface area contributed by atoms with Gasteiger partial charge in [0.2, 0.25) is 0 Å². The SMILES string of the molecule is CCCCOc1ccc2c(sc3c(F)c(C(F)(F)Oc4cc(F)c(F)c(F)c4)ccc32)c1F. The first kappa shape index (κ1) is 23.2. The summed E-state index contributed by atoms with van der Waals surface area (Å²) in [6.45, 7) is 2.23. The molecular formula is C23H15F7O2S. The fraction of sp³-hybridized carbons (Fsp3) is 0.217. The Balaban J connectivity index is 1.75. The van der Waals surface area contributed by atoms with Gasteiger partial charge in [0.15, 0.2) is 34.8 Å². The van der Waals surface area contributed by atoms with Gasteiger partial charge in [-0.05, 0) is 24.6 Å². The lowest BCUT2D eigenvalue weighted by atomic mass is 10.1. The molecule has 33 heavy (non-hydrogen) atoms. The Morgan fingerprint density at radius 2 is 1.42 bits per heavy atom. The van der Waals surface area contributed by atoms with E-state index in [1.54, 1.807) is 0 Å². The summed E-state index contributed by atoms with van der Waals surface area (Å²) in [6, 6.07) is 5.25. The lowest BCUT2D eigenvalue weighted by Gasteiger charge is -2.19. The monoisotopic (exact) mass is 488 g/mol. The molecule has 0 spiro atoms. The molecule has 10 heteroatoms. The standard InChI is InChI=1S/C23H15F7O2S/c1-2-3-8-31-17-7-5-13-12-4-6-14(18(26)21(12)33-22(13)20(17)28)23(29,30)32-11-9-15(24)19(27)16(25)10-11/h4-7,9-10H,2-3,8H2,1H3. The molecule has 174 valence electrons. The van der Waals surface area contributed by atoms with E-state index in [1.165, 1.54) is 18.2 Å². The van der Waals surface area contributed by atoms with E-state index in [9.17, 15) is 26.3 Å². The molecule has 0 aliphatic heterocycles. The molecule has 0 N–H and O–H groups in total. The van der Waals surface area contributed by atoms with Crippen molar-refractivity contribution in [2.45, 2.75) is 25.9 Å². The smallest absolute Gasteiger partial charge is 0.429 e. The summed E-state index contributed by atoms with van der Waals surface area (Å²) in [4.78, 5) is 0. The number of alkyl halides is 2. The van der Waals surface area contributed by atoms with Crippen molar-refractivity contribution in [2.75, 3.05) is 6.61 Å². The first-order chi connectivity index (χ1) is 15.6. The minimum atomic E-state index is -4.36. The van der Waals surface area contributed by atoms with Gasteiger partial charge < -0.3 is 9.47 Å². The van der Waals surface area contributed by atoms with Crippen LogP contribution in [0.4, 0.5) is 30.7 Å². The minimum Gasteiger partial charge on any atom is -0.490 e. The third-order valence-corrected chi connectivity index (χ3v) is 6.13. The van der Waals surface area contributed by atoms with Crippen LogP contribution in [-0.2, 0) is 6.11 Å². The summed E-state index contributed by atoms with van der Waals surface area (Å²) in [5.41, 5.74) is -1.23. The molecule has 1 aromatic heterocycles. The van der Waals surface area contributed by atoms with E-state index in [1.807, 2.05) is 6.92 Å². The van der Waals surface area contributed by atoms with Crippen molar-refractivity contribution in [2.24, 2.45) is 0 Å². The molecule has 0 bridgehead atoms. The van der Waals surface area contributed by atoms with Crippen molar-refractivity contribution in [1.29, 1.82) is 0 Å². The van der Waals surface area contributed by atoms with Crippen molar-refractivity contribution >= 4 is 31.5 Å². The van der Waals surface area contributed by atoms with E-state index >= 15 is 4.39 Å². The van der Waals surface area contributed by atoms with E-state index < -0.39 is 46.5 Å². The molecule has 0 saturated carbocycles. The van der Waals surface area contributed by atoms with Crippen LogP contribution in [0.25, 0.3) is 20.2 Å². The van der Waals surface area contributed by atoms with Crippen LogP contribution in [-0.4, -0.2) is 6.61 Å². The molecule has 0 amide bonds. The van der Waals surface area contributed by atoms with Gasteiger partial charge >= 0.3 is 6.11 Å². The Kier molecular flexibility index (Phi) is 6.13. The van der Waals surface area contributed by atoms with Crippen LogP contribution in [0.2, 0.25) is 0 Å². The number of halogens is 7. The zero-order chi connectivity index (χ0) is 23.9. The van der Waals surface area contributed by atoms with E-state index in [0.29, 0.717) is 23.1 Å². The van der Waals surface area contributed by atoms with Crippen LogP contribution >= 0.6 is 11.3 Å². The molecule has 4 rings (SSSR count). The second-order valence-corrected chi connectivity index (χ2v) is 8.20. The molecule has 0 fully saturated rings. The van der Waals surface area contributed by atoms with Gasteiger partial charge in [-0.3, -0.25) is 0 Å². The summed E-state index contributed by atoms with van der Waals surface area (Å²) in [6.07, 6.45) is -2.81. The summed E-state index contributed by atoms with van der Waals surface area (Å²) < 4.78 is 109. The second-order valence-electron chi connectivity index (χ2n) is 7.18. The van der Waals surface area contributed by atoms with Crippen molar-refractivity contribution in [3.05, 3.63) is 71.0 Å². The van der Waals surface area contributed by atoms with Crippen molar-refractivity contribution in [1.82, 2.24) is 0 Å². The topological polar surface area (TPSA) is 18.5 Å². The van der Waals surface area contributed by atoms with Crippen molar-refractivity contribution in [3.8, 4) is 11.5 Å². The largest absolute Gasteiger partial charge is 0.490 e. The molecule has 1 heterocycles. The van der Waals surface area contributed by atoms with Crippen LogP contribution in [0.15, 0.2) is 36.4 Å². The molecule has 0 aliphatic rings. The Hall–Kier alpha value is -3.01. The van der Waals surface area contributed by atoms with E-state index in [-0.39, 0.29) is 39.3 Å². The number of unbranched alkanes of at least 4 members (excludes halogenated alkanes) is 1. The Labute approximate surface area is 187 Å². The lowest BCUT2D eigenvalue weighted by Crippen LogP contribution is -2.23. The van der Waals surface area contributed by atoms with Gasteiger partial charge in [0.25, 0.3) is 0 Å². The fourth-order valence-electron chi connectivity index (χ4n) is 3.28. The Morgan fingerprint density at radius 1 is 0.818 bits per heavy atom. The average Bonchev–Trinajstić information content (AvgIpc) is 3.14. The van der Waals surface area contributed by atoms with Crippen LogP contribution in [0, 0.1) is 29.1 Å². The first-order valence-electron chi connectivity index (χ1n) is 9.82. The van der Waals surface area contributed by atoms with Gasteiger partial charge in [0.1, 0.15) is 11.3 Å². The van der Waals surface area contributed by atoms with Gasteiger partial charge in [-0.15, -0.1) is 11.3 Å². The average molecular weight is 488 g/mol. The molecule has 0 atom stereocenters. The minimum absolute atomic E-state index is 0.0296. The maximum atomic E-state index is 15.1. The predicted octanol–water partition coefficient (Wildman–Crippen LogP) is 8.06. The third kappa shape index (κ3) is 4.19. The van der Waals surface area contributed by atoms with E-state index in [0.717, 1.165) is 12.5 Å². The summed E-state index contributed by atoms with van der Waals surface area (Å²) >= 11 is 0.623. The molecular weight excluding hydrogens is 473 g/mol. The van der Waals surface area contributed by atoms with Gasteiger partial charge in [-0.1, -0.05) is 19.4 Å². The summed E-state index contributed by atoms with van der Waals surface area (Å²) in [5, 5.41) is 0.512. The van der Waals surface area contributed by atoms with Crippen molar-refractivity contribution in [3.63, 3.8) is 0 Å². The number of rotatable bonds is 7. The maximum Gasteiger partial charge on any atom is 0.429 e. The molecule has 0 radical (unpaired) electrons. The highest BCUT2D eigenvalue weighted by Gasteiger charge is 2.39. The molecule has 0 aliphatic carbocycles. The highest BCUT2D eigenvalue weighted by atomic mass is 32.1. The lowest BCUT2D eigenvalue weighted by molar-refractivity contribution is -0.187. The fourth-order valence-corrected chi connectivity index (χ4v) is 4.45. The number of hydrogen-bond acceptors (Lipinski definition) is 3. The van der Waals surface area contributed by atoms with Crippen LogP contribution in [0.1, 0.15) is 25.3 Å². The molecule has 0 saturated heterocycles. The zero-order valence-corrected chi connectivity index (χ0v) is 17.8. The number of hydrogen-bond donors (Lipinski definition) is 0. The second kappa shape index (κ2) is 8.74. The van der Waals surface area contributed by atoms with Crippen LogP contribution in [0.3, 0.4) is 0 Å². The van der Waals surface area contributed by atoms with Gasteiger partial charge in [-0.2, -0.15) is 8.78 Å². The van der Waals surface area contributed by atoms with Gasteiger partial charge in [0.05, 0.1) is 16.0 Å². The van der Waals surface area contributed by atoms with E-state index in [2.05, 4.69) is 4.74 Å². The summed E-state index contributed by atoms with van der Waals surface area (Å²) in [5.74, 6) is -8.52. The molecule has 2 nitrogen and oxygen atoms in total. The Morgan fingerprint density at radius 3 is 2.06 bits per heavy atom. The quantitative estimate of drug-likeness (QED) is 0.149. The molecule has 0 unspecified atom stereocenters. The number of benzene rings is 3. The third-order valence-electron chi connectivity index (χ3n) is 4.93. The number of thiophene rings is 1.